The minimum Gasteiger partial charge on any atom is -0.369 e. The van der Waals surface area contributed by atoms with Gasteiger partial charge >= 0.3 is 0 Å². The summed E-state index contributed by atoms with van der Waals surface area (Å²) in [6.45, 7) is 8.02. The molecular weight excluding hydrogens is 663 g/mol. The molecule has 2 unspecified atom stereocenters. The second kappa shape index (κ2) is 19.5. The maximum atomic E-state index is 13.6. The van der Waals surface area contributed by atoms with Crippen molar-refractivity contribution in [2.24, 2.45) is 17.6 Å². The Labute approximate surface area is 325 Å². The fraction of sp³-hybridized carbons (Fsp3) is 0.469. The number of benzene rings is 4. The summed E-state index contributed by atoms with van der Waals surface area (Å²) in [6, 6.07) is 41.4. The first-order valence-electron chi connectivity index (χ1n) is 20.9. The summed E-state index contributed by atoms with van der Waals surface area (Å²) in [6.07, 6.45) is 15.0. The monoisotopic (exact) mass is 725 g/mol. The molecule has 0 radical (unpaired) electrons. The topological polar surface area (TPSA) is 66.6 Å². The molecule has 286 valence electrons. The van der Waals surface area contributed by atoms with E-state index in [4.69, 9.17) is 5.73 Å². The Morgan fingerprint density at radius 1 is 0.500 bits per heavy atom. The van der Waals surface area contributed by atoms with Gasteiger partial charge in [-0.3, -0.25) is 9.59 Å². The Morgan fingerprint density at radius 2 is 0.796 bits per heavy atom. The first kappa shape index (κ1) is 39.6. The molecule has 0 aliphatic carbocycles. The summed E-state index contributed by atoms with van der Waals surface area (Å²) >= 11 is 0. The molecule has 0 spiro atoms. The van der Waals surface area contributed by atoms with Crippen molar-refractivity contribution in [2.45, 2.75) is 94.8 Å². The minimum absolute atomic E-state index is 0.164. The predicted octanol–water partition coefficient (Wildman–Crippen LogP) is 9.58. The average molecular weight is 726 g/mol. The Balaban J connectivity index is 0.854. The molecule has 2 heterocycles. The smallest absolute Gasteiger partial charge is 0.232 e. The van der Waals surface area contributed by atoms with E-state index in [0.29, 0.717) is 0 Å². The molecule has 2 aliphatic heterocycles. The van der Waals surface area contributed by atoms with Crippen molar-refractivity contribution in [3.05, 3.63) is 144 Å². The average Bonchev–Trinajstić information content (AvgIpc) is 3.88. The number of amides is 1. The van der Waals surface area contributed by atoms with Crippen LogP contribution >= 0.6 is 0 Å². The van der Waals surface area contributed by atoms with Crippen LogP contribution in [-0.4, -0.2) is 60.8 Å². The number of primary amides is 1. The number of likely N-dealkylation sites (tertiary alicyclic amines) is 2. The van der Waals surface area contributed by atoms with Gasteiger partial charge in [0.1, 0.15) is 11.2 Å². The van der Waals surface area contributed by atoms with Crippen molar-refractivity contribution in [1.29, 1.82) is 0 Å². The van der Waals surface area contributed by atoms with E-state index in [0.717, 1.165) is 74.4 Å². The van der Waals surface area contributed by atoms with Gasteiger partial charge in [0.05, 0.1) is 5.41 Å². The first-order chi connectivity index (χ1) is 26.5. The van der Waals surface area contributed by atoms with E-state index in [1.807, 2.05) is 48.5 Å². The maximum absolute atomic E-state index is 13.6. The maximum Gasteiger partial charge on any atom is 0.232 e. The number of ketones is 1. The molecule has 4 aromatic rings. The van der Waals surface area contributed by atoms with Crippen LogP contribution in [0.3, 0.4) is 0 Å². The molecule has 0 saturated carbocycles. The molecule has 2 atom stereocenters. The van der Waals surface area contributed by atoms with Crippen LogP contribution in [0.25, 0.3) is 0 Å². The Kier molecular flexibility index (Phi) is 14.3. The number of unbranched alkanes of at least 4 members (excludes halogenated alkanes) is 9. The van der Waals surface area contributed by atoms with E-state index in [-0.39, 0.29) is 23.5 Å². The third-order valence-electron chi connectivity index (χ3n) is 12.8. The van der Waals surface area contributed by atoms with Crippen LogP contribution in [0.1, 0.15) is 106 Å². The number of carbonyl (C=O) groups is 2. The second-order valence-corrected chi connectivity index (χ2v) is 16.1. The Morgan fingerprint density at radius 3 is 1.11 bits per heavy atom. The predicted molar refractivity (Wildman–Crippen MR) is 222 cm³/mol. The molecule has 5 heteroatoms. The van der Waals surface area contributed by atoms with Crippen LogP contribution in [0.2, 0.25) is 0 Å². The van der Waals surface area contributed by atoms with Gasteiger partial charge in [0, 0.05) is 13.1 Å². The minimum atomic E-state index is -0.803. The summed E-state index contributed by atoms with van der Waals surface area (Å²) < 4.78 is 0. The Hall–Kier alpha value is -4.06. The molecule has 4 aromatic carbocycles. The molecule has 1 amide bonds. The quantitative estimate of drug-likeness (QED) is 0.0870. The highest BCUT2D eigenvalue weighted by atomic mass is 16.1. The standard InChI is InChI=1S/C49H63N3O2/c1-40(53)48(41-24-14-10-15-25-41,42-26-16-11-17-27-42)45-32-36-51(38-45)34-22-8-6-4-2-3-5-7-9-23-35-52-37-33-46(39-52)49(47(50)54,43-28-18-12-19-29-43)44-30-20-13-21-31-44/h10-21,24-31,45-46H,2-9,22-23,32-39H2,1H3,(H2,50,54). The number of hydrogen-bond acceptors (Lipinski definition) is 4. The van der Waals surface area contributed by atoms with Crippen LogP contribution in [0, 0.1) is 11.8 Å². The van der Waals surface area contributed by atoms with Gasteiger partial charge in [-0.05, 0) is 92.9 Å². The fourth-order valence-electron chi connectivity index (χ4n) is 10.1. The van der Waals surface area contributed by atoms with Gasteiger partial charge < -0.3 is 15.5 Å². The van der Waals surface area contributed by atoms with Crippen molar-refractivity contribution in [1.82, 2.24) is 9.80 Å². The van der Waals surface area contributed by atoms with E-state index in [2.05, 4.69) is 82.6 Å². The van der Waals surface area contributed by atoms with Gasteiger partial charge in [0.2, 0.25) is 5.91 Å². The molecule has 2 N–H and O–H groups in total. The van der Waals surface area contributed by atoms with Gasteiger partial charge in [-0.25, -0.2) is 0 Å². The van der Waals surface area contributed by atoms with Crippen molar-refractivity contribution >= 4 is 11.7 Å². The highest BCUT2D eigenvalue weighted by Crippen LogP contribution is 2.45. The van der Waals surface area contributed by atoms with E-state index >= 15 is 0 Å². The third-order valence-corrected chi connectivity index (χ3v) is 12.8. The van der Waals surface area contributed by atoms with E-state index < -0.39 is 10.8 Å². The lowest BCUT2D eigenvalue weighted by Gasteiger charge is -2.38. The lowest BCUT2D eigenvalue weighted by atomic mass is 9.63. The summed E-state index contributed by atoms with van der Waals surface area (Å²) in [7, 11) is 0. The molecule has 6 rings (SSSR count). The van der Waals surface area contributed by atoms with Crippen LogP contribution < -0.4 is 5.73 Å². The van der Waals surface area contributed by atoms with Gasteiger partial charge in [0.15, 0.2) is 0 Å². The highest BCUT2D eigenvalue weighted by Gasteiger charge is 2.50. The highest BCUT2D eigenvalue weighted by molar-refractivity contribution is 5.93. The summed E-state index contributed by atoms with van der Waals surface area (Å²) in [5.41, 5.74) is 9.19. The van der Waals surface area contributed by atoms with Crippen molar-refractivity contribution < 1.29 is 9.59 Å². The first-order valence-corrected chi connectivity index (χ1v) is 20.9. The van der Waals surface area contributed by atoms with Crippen molar-refractivity contribution in [3.8, 4) is 0 Å². The van der Waals surface area contributed by atoms with Gasteiger partial charge in [-0.15, -0.1) is 0 Å². The molecule has 0 aromatic heterocycles. The molecular formula is C49H63N3O2. The number of nitrogens with zero attached hydrogens (tertiary/aromatic N) is 2. The largest absolute Gasteiger partial charge is 0.369 e. The van der Waals surface area contributed by atoms with E-state index in [9.17, 15) is 9.59 Å². The number of rotatable bonds is 21. The number of carbonyl (C=O) groups excluding carboxylic acids is 2. The van der Waals surface area contributed by atoms with Crippen LogP contribution in [-0.2, 0) is 20.4 Å². The fourth-order valence-corrected chi connectivity index (χ4v) is 10.1. The normalized spacial score (nSPS) is 18.2. The molecule has 54 heavy (non-hydrogen) atoms. The molecule has 2 saturated heterocycles. The van der Waals surface area contributed by atoms with Crippen LogP contribution in [0.5, 0.6) is 0 Å². The zero-order valence-electron chi connectivity index (χ0n) is 32.7. The molecule has 2 aliphatic rings. The van der Waals surface area contributed by atoms with Gasteiger partial charge in [-0.1, -0.05) is 173 Å². The number of hydrogen-bond donors (Lipinski definition) is 1. The third kappa shape index (κ3) is 8.90. The Bertz CT molecular complexity index is 1500. The summed E-state index contributed by atoms with van der Waals surface area (Å²) in [4.78, 5) is 32.1. The second-order valence-electron chi connectivity index (χ2n) is 16.1. The van der Waals surface area contributed by atoms with Gasteiger partial charge in [0.25, 0.3) is 0 Å². The molecule has 5 nitrogen and oxygen atoms in total. The molecule has 2 fully saturated rings. The van der Waals surface area contributed by atoms with E-state index in [1.54, 1.807) is 6.92 Å². The lowest BCUT2D eigenvalue weighted by Crippen LogP contribution is -2.49. The SMILES string of the molecule is CC(=O)C(c1ccccc1)(c1ccccc1)C1CCN(CCCCCCCCCCCCN2CCC(C(C(N)=O)(c3ccccc3)c3ccccc3)C2)C1. The zero-order chi connectivity index (χ0) is 37.6. The lowest BCUT2D eigenvalue weighted by molar-refractivity contribution is -0.124. The number of Topliss-reactive ketones (excluding diaryl/α,β-unsaturated/α-hetero) is 1. The van der Waals surface area contributed by atoms with Crippen molar-refractivity contribution in [3.63, 3.8) is 0 Å². The van der Waals surface area contributed by atoms with Gasteiger partial charge in [-0.2, -0.15) is 0 Å². The summed E-state index contributed by atoms with van der Waals surface area (Å²) in [5.74, 6) is 0.458. The number of nitrogens with two attached hydrogens (primary N) is 1. The van der Waals surface area contributed by atoms with Crippen molar-refractivity contribution in [2.75, 3.05) is 39.3 Å². The molecule has 0 bridgehead atoms. The van der Waals surface area contributed by atoms with Crippen LogP contribution in [0.15, 0.2) is 121 Å². The van der Waals surface area contributed by atoms with E-state index in [1.165, 1.54) is 64.2 Å². The summed E-state index contributed by atoms with van der Waals surface area (Å²) in [5, 5.41) is 0. The zero-order valence-corrected chi connectivity index (χ0v) is 32.7. The van der Waals surface area contributed by atoms with Crippen LogP contribution in [0.4, 0.5) is 0 Å².